The van der Waals surface area contributed by atoms with E-state index in [-0.39, 0.29) is 27.9 Å². The largest absolute Gasteiger partial charge is 0.489 e. The second-order valence-corrected chi connectivity index (χ2v) is 7.03. The molecule has 8 nitrogen and oxygen atoms in total. The first kappa shape index (κ1) is 20.9. The topological polar surface area (TPSA) is 125 Å². The molecular formula is C21H16N2O6S. The minimum absolute atomic E-state index is 0.103. The lowest BCUT2D eigenvalue weighted by Gasteiger charge is -2.06. The highest BCUT2D eigenvalue weighted by atomic mass is 32.2. The number of carbonyl (C=O) groups is 3. The molecule has 0 saturated carbocycles. The number of nitrogens with one attached hydrogen (secondary N) is 1. The highest BCUT2D eigenvalue weighted by molar-refractivity contribution is 8.18. The minimum atomic E-state index is -1.28. The first-order chi connectivity index (χ1) is 14.4. The molecule has 0 aromatic heterocycles. The smallest absolute Gasteiger partial charge is 0.335 e. The minimum Gasteiger partial charge on any atom is -0.489 e. The van der Waals surface area contributed by atoms with Gasteiger partial charge in [-0.15, -0.1) is 0 Å². The van der Waals surface area contributed by atoms with Crippen molar-refractivity contribution in [3.05, 3.63) is 76.7 Å². The van der Waals surface area contributed by atoms with E-state index < -0.39 is 11.9 Å². The fourth-order valence-electron chi connectivity index (χ4n) is 2.54. The Morgan fingerprint density at radius 3 is 2.43 bits per heavy atom. The van der Waals surface area contributed by atoms with Crippen molar-refractivity contribution in [3.8, 4) is 5.75 Å². The van der Waals surface area contributed by atoms with Crippen molar-refractivity contribution in [2.75, 3.05) is 6.61 Å². The Balaban J connectivity index is 1.90. The zero-order valence-corrected chi connectivity index (χ0v) is 16.3. The van der Waals surface area contributed by atoms with E-state index in [2.05, 4.69) is 16.9 Å². The molecule has 0 atom stereocenters. The Kier molecular flexibility index (Phi) is 6.33. The van der Waals surface area contributed by atoms with Gasteiger partial charge in [0.25, 0.3) is 5.91 Å². The molecule has 0 bridgehead atoms. The van der Waals surface area contributed by atoms with Crippen molar-refractivity contribution in [3.63, 3.8) is 0 Å². The standard InChI is InChI=1S/C21H16N2O6S/c1-2-7-29-16-6-4-3-5-12(16)11-17-18(24)23-21(30-17)22-15-9-13(19(25)26)8-14(10-15)20(27)28/h2-6,8-11H,1,7H2,(H,25,26)(H,27,28)(H,22,23,24)/b17-11-. The number of hydrogen-bond donors (Lipinski definition) is 3. The average Bonchev–Trinajstić information content (AvgIpc) is 3.05. The molecule has 1 saturated heterocycles. The van der Waals surface area contributed by atoms with Crippen molar-refractivity contribution in [2.45, 2.75) is 0 Å². The molecule has 3 rings (SSSR count). The molecule has 152 valence electrons. The molecule has 0 spiro atoms. The molecule has 0 aliphatic carbocycles. The van der Waals surface area contributed by atoms with Crippen LogP contribution in [0.1, 0.15) is 26.3 Å². The highest BCUT2D eigenvalue weighted by Crippen LogP contribution is 2.31. The highest BCUT2D eigenvalue weighted by Gasteiger charge is 2.24. The number of amidine groups is 1. The molecule has 30 heavy (non-hydrogen) atoms. The van der Waals surface area contributed by atoms with Gasteiger partial charge in [0.15, 0.2) is 5.17 Å². The van der Waals surface area contributed by atoms with Crippen LogP contribution in [0.15, 0.2) is 65.0 Å². The van der Waals surface area contributed by atoms with Crippen molar-refractivity contribution in [2.24, 2.45) is 4.99 Å². The van der Waals surface area contributed by atoms with Crippen LogP contribution in [0.4, 0.5) is 5.69 Å². The number of rotatable bonds is 7. The summed E-state index contributed by atoms with van der Waals surface area (Å²) in [5.41, 5.74) is 0.366. The van der Waals surface area contributed by atoms with Gasteiger partial charge in [-0.1, -0.05) is 30.9 Å². The number of hydrogen-bond acceptors (Lipinski definition) is 6. The summed E-state index contributed by atoms with van der Waals surface area (Å²) < 4.78 is 5.58. The number of nitrogens with zero attached hydrogens (tertiary/aromatic N) is 1. The third-order valence-corrected chi connectivity index (χ3v) is 4.77. The fourth-order valence-corrected chi connectivity index (χ4v) is 3.37. The van der Waals surface area contributed by atoms with Gasteiger partial charge in [-0.3, -0.25) is 4.79 Å². The Bertz CT molecular complexity index is 1070. The molecule has 1 aliphatic heterocycles. The van der Waals surface area contributed by atoms with Crippen molar-refractivity contribution < 1.29 is 29.3 Å². The van der Waals surface area contributed by atoms with Crippen LogP contribution in [0.2, 0.25) is 0 Å². The predicted molar refractivity (Wildman–Crippen MR) is 113 cm³/mol. The number of ether oxygens (including phenoxy) is 1. The molecular weight excluding hydrogens is 408 g/mol. The Labute approximate surface area is 175 Å². The maximum atomic E-state index is 12.3. The molecule has 0 unspecified atom stereocenters. The lowest BCUT2D eigenvalue weighted by atomic mass is 10.1. The third-order valence-electron chi connectivity index (χ3n) is 3.86. The number of amides is 1. The van der Waals surface area contributed by atoms with Crippen molar-refractivity contribution in [1.82, 2.24) is 5.32 Å². The Morgan fingerprint density at radius 1 is 1.13 bits per heavy atom. The monoisotopic (exact) mass is 424 g/mol. The van der Waals surface area contributed by atoms with Gasteiger partial charge in [0.2, 0.25) is 0 Å². The summed E-state index contributed by atoms with van der Waals surface area (Å²) in [6, 6.07) is 10.7. The summed E-state index contributed by atoms with van der Waals surface area (Å²) >= 11 is 1.05. The van der Waals surface area contributed by atoms with Gasteiger partial charge in [0, 0.05) is 5.56 Å². The number of para-hydroxylation sites is 1. The first-order valence-corrected chi connectivity index (χ1v) is 9.43. The molecule has 1 amide bonds. The maximum absolute atomic E-state index is 12.3. The van der Waals surface area contributed by atoms with Crippen LogP contribution in [0.3, 0.4) is 0 Å². The summed E-state index contributed by atoms with van der Waals surface area (Å²) in [4.78, 5) is 39.4. The van der Waals surface area contributed by atoms with Gasteiger partial charge < -0.3 is 20.3 Å². The number of thioether (sulfide) groups is 1. The van der Waals surface area contributed by atoms with Crippen LogP contribution in [-0.4, -0.2) is 39.8 Å². The van der Waals surface area contributed by atoms with E-state index in [9.17, 15) is 14.4 Å². The molecule has 2 aromatic carbocycles. The van der Waals surface area contributed by atoms with Crippen molar-refractivity contribution >= 4 is 46.5 Å². The summed E-state index contributed by atoms with van der Waals surface area (Å²) in [6.45, 7) is 3.92. The molecule has 9 heteroatoms. The summed E-state index contributed by atoms with van der Waals surface area (Å²) in [6.07, 6.45) is 3.26. The van der Waals surface area contributed by atoms with Crippen LogP contribution in [0.25, 0.3) is 6.08 Å². The van der Waals surface area contributed by atoms with Gasteiger partial charge in [-0.25, -0.2) is 14.6 Å². The number of carboxylic acids is 2. The molecule has 1 heterocycles. The quantitative estimate of drug-likeness (QED) is 0.458. The van der Waals surface area contributed by atoms with E-state index in [1.165, 1.54) is 12.1 Å². The van der Waals surface area contributed by atoms with E-state index in [0.29, 0.717) is 22.8 Å². The van der Waals surface area contributed by atoms with Crippen LogP contribution < -0.4 is 10.1 Å². The van der Waals surface area contributed by atoms with Gasteiger partial charge in [-0.05, 0) is 42.1 Å². The van der Waals surface area contributed by atoms with Crippen LogP contribution in [0, 0.1) is 0 Å². The zero-order valence-electron chi connectivity index (χ0n) is 15.5. The van der Waals surface area contributed by atoms with Crippen LogP contribution >= 0.6 is 11.8 Å². The van der Waals surface area contributed by atoms with Crippen LogP contribution in [0.5, 0.6) is 5.75 Å². The number of aliphatic imine (C=N–C) groups is 1. The molecule has 0 radical (unpaired) electrons. The van der Waals surface area contributed by atoms with E-state index >= 15 is 0 Å². The van der Waals surface area contributed by atoms with E-state index in [0.717, 1.165) is 17.8 Å². The first-order valence-electron chi connectivity index (χ1n) is 8.61. The second-order valence-electron chi connectivity index (χ2n) is 6.00. The molecule has 2 aromatic rings. The van der Waals surface area contributed by atoms with Crippen molar-refractivity contribution in [1.29, 1.82) is 0 Å². The summed E-state index contributed by atoms with van der Waals surface area (Å²) in [7, 11) is 0. The average molecular weight is 424 g/mol. The van der Waals surface area contributed by atoms with Gasteiger partial charge in [0.05, 0.1) is 21.7 Å². The molecule has 1 aliphatic rings. The summed E-state index contributed by atoms with van der Waals surface area (Å²) in [5.74, 6) is -2.35. The van der Waals surface area contributed by atoms with E-state index in [4.69, 9.17) is 14.9 Å². The normalized spacial score (nSPS) is 15.8. The van der Waals surface area contributed by atoms with Gasteiger partial charge in [-0.2, -0.15) is 0 Å². The number of carbonyl (C=O) groups excluding carboxylic acids is 1. The predicted octanol–water partition coefficient (Wildman–Crippen LogP) is 3.54. The third kappa shape index (κ3) is 4.95. The SMILES string of the molecule is C=CCOc1ccccc1/C=C1\SC(=Nc2cc(C(=O)O)cc(C(=O)O)c2)NC1=O. The zero-order chi connectivity index (χ0) is 21.7. The lowest BCUT2D eigenvalue weighted by molar-refractivity contribution is -0.115. The van der Waals surface area contributed by atoms with Crippen LogP contribution in [-0.2, 0) is 4.79 Å². The fraction of sp³-hybridized carbons (Fsp3) is 0.0476. The van der Waals surface area contributed by atoms with E-state index in [1.54, 1.807) is 24.3 Å². The lowest BCUT2D eigenvalue weighted by Crippen LogP contribution is -2.19. The Hall–Kier alpha value is -3.85. The number of aromatic carboxylic acids is 2. The van der Waals surface area contributed by atoms with Gasteiger partial charge >= 0.3 is 11.9 Å². The maximum Gasteiger partial charge on any atom is 0.335 e. The Morgan fingerprint density at radius 2 is 1.80 bits per heavy atom. The second kappa shape index (κ2) is 9.10. The summed E-state index contributed by atoms with van der Waals surface area (Å²) in [5, 5.41) is 21.1. The van der Waals surface area contributed by atoms with E-state index in [1.807, 2.05) is 12.1 Å². The number of carboxylic acid groups (broad SMARTS) is 2. The molecule has 3 N–H and O–H groups in total. The number of benzene rings is 2. The molecule has 1 fully saturated rings. The van der Waals surface area contributed by atoms with Gasteiger partial charge in [0.1, 0.15) is 12.4 Å².